The van der Waals surface area contributed by atoms with E-state index in [1.165, 1.54) is 83.4 Å². The van der Waals surface area contributed by atoms with E-state index in [2.05, 4.69) is 22.5 Å². The Morgan fingerprint density at radius 1 is 0.792 bits per heavy atom. The maximum atomic E-state index is 7.50. The van der Waals surface area contributed by atoms with Crippen LogP contribution in [-0.4, -0.2) is 17.0 Å². The molecule has 2 aliphatic rings. The fourth-order valence-corrected chi connectivity index (χ4v) is 4.56. The molecule has 0 bridgehead atoms. The van der Waals surface area contributed by atoms with Gasteiger partial charge in [0.15, 0.2) is 0 Å². The van der Waals surface area contributed by atoms with Gasteiger partial charge in [-0.15, -0.1) is 0 Å². The molecule has 24 heavy (non-hydrogen) atoms. The maximum Gasteiger partial charge on any atom is -0.172 e. The molecule has 0 amide bonds. The average molecular weight is 497 g/mol. The molecule has 0 spiro atoms. The molecule has 4 heteroatoms. The zero-order valence-corrected chi connectivity index (χ0v) is 17.2. The van der Waals surface area contributed by atoms with E-state index in [0.29, 0.717) is 0 Å². The average Bonchev–Trinajstić information content (AvgIpc) is 3.28. The van der Waals surface area contributed by atoms with Crippen LogP contribution in [0.15, 0.2) is 30.3 Å². The number of rotatable bonds is 2. The van der Waals surface area contributed by atoms with Crippen LogP contribution in [0.25, 0.3) is 0 Å². The second-order valence-corrected chi connectivity index (χ2v) is 6.70. The van der Waals surface area contributed by atoms with Gasteiger partial charge in [-0.1, -0.05) is 0 Å². The predicted molar refractivity (Wildman–Crippen MR) is 89.4 cm³/mol. The zero-order chi connectivity index (χ0) is 18.0. The predicted octanol–water partition coefficient (Wildman–Crippen LogP) is 4.75. The molecular formula is C20H27NO2W. The van der Waals surface area contributed by atoms with E-state index in [0.717, 1.165) is 12.1 Å². The Balaban J connectivity index is 0.000000490. The summed E-state index contributed by atoms with van der Waals surface area (Å²) in [7, 11) is 0. The maximum absolute atomic E-state index is 7.50. The Labute approximate surface area is 157 Å². The summed E-state index contributed by atoms with van der Waals surface area (Å²) >= 11 is 1.51. The van der Waals surface area contributed by atoms with Crippen molar-refractivity contribution in [2.45, 2.75) is 76.3 Å². The Bertz CT molecular complexity index is 408. The molecule has 2 saturated carbocycles. The third kappa shape index (κ3) is 9.53. The molecule has 0 aliphatic heterocycles. The fourth-order valence-electron chi connectivity index (χ4n) is 3.49. The molecule has 3 rings (SSSR count). The number of hydrogen-bond donors (Lipinski definition) is 0. The van der Waals surface area contributed by atoms with Gasteiger partial charge in [0.25, 0.3) is 0 Å². The summed E-state index contributed by atoms with van der Waals surface area (Å²) in [6, 6.07) is 11.7. The molecule has 2 fully saturated rings. The summed E-state index contributed by atoms with van der Waals surface area (Å²) in [5, 5.41) is 0. The summed E-state index contributed by atoms with van der Waals surface area (Å²) in [6.45, 7) is 9.00. The monoisotopic (exact) mass is 497 g/mol. The van der Waals surface area contributed by atoms with Crippen molar-refractivity contribution in [3.8, 4) is 4.33 Å². The molecule has 2 aliphatic carbocycles. The van der Waals surface area contributed by atoms with Crippen LogP contribution >= 0.6 is 0 Å². The third-order valence-corrected chi connectivity index (χ3v) is 5.35. The van der Waals surface area contributed by atoms with E-state index in [1.807, 2.05) is 30.3 Å². The minimum Gasteiger partial charge on any atom is -0.214 e. The molecule has 130 valence electrons. The van der Waals surface area contributed by atoms with Crippen molar-refractivity contribution < 1.29 is 28.5 Å². The summed E-state index contributed by atoms with van der Waals surface area (Å²) in [4.78, 5) is 2.63. The zero-order valence-electron chi connectivity index (χ0n) is 14.3. The van der Waals surface area contributed by atoms with E-state index in [-0.39, 0.29) is 0 Å². The molecule has 0 N–H and O–H groups in total. The van der Waals surface area contributed by atoms with Crippen molar-refractivity contribution in [2.75, 3.05) is 0 Å². The van der Waals surface area contributed by atoms with Gasteiger partial charge in [0.2, 0.25) is 0 Å². The van der Waals surface area contributed by atoms with Crippen molar-refractivity contribution in [1.29, 1.82) is 0 Å². The first-order chi connectivity index (χ1) is 11.9. The quantitative estimate of drug-likeness (QED) is 0.331. The van der Waals surface area contributed by atoms with E-state index >= 15 is 0 Å². The van der Waals surface area contributed by atoms with Crippen LogP contribution in [0.3, 0.4) is 0 Å². The molecule has 0 radical (unpaired) electrons. The van der Waals surface area contributed by atoms with Crippen LogP contribution in [0.5, 0.6) is 0 Å². The van der Waals surface area contributed by atoms with Gasteiger partial charge in [0.05, 0.1) is 0 Å². The topological polar surface area (TPSA) is 43.0 Å². The second kappa shape index (κ2) is 17.1. The van der Waals surface area contributed by atoms with Gasteiger partial charge in [-0.25, -0.2) is 12.1 Å². The Hall–Kier alpha value is -0.742. The largest absolute Gasteiger partial charge is 0.214 e. The molecule has 0 unspecified atom stereocenters. The van der Waals surface area contributed by atoms with Gasteiger partial charge >= 0.3 is 127 Å². The first kappa shape index (κ1) is 23.3. The summed E-state index contributed by atoms with van der Waals surface area (Å²) in [6.07, 6.45) is 14.4. The Morgan fingerprint density at radius 3 is 1.42 bits per heavy atom. The molecule has 0 heterocycles. The molecule has 0 atom stereocenters. The van der Waals surface area contributed by atoms with E-state index in [9.17, 15) is 0 Å². The van der Waals surface area contributed by atoms with E-state index < -0.39 is 0 Å². The Morgan fingerprint density at radius 2 is 1.17 bits per heavy atom. The summed E-state index contributed by atoms with van der Waals surface area (Å²) in [5.74, 6) is 0. The van der Waals surface area contributed by atoms with Gasteiger partial charge in [0, 0.05) is 0 Å². The molecule has 1 aromatic rings. The standard InChI is InChI=1S/C13H22N.C5H5.2CO.W/c1-14(12-8-4-2-5-9-12)13-10-6-3-7-11-13;1-2-4-5-3-1;2*1-2;/h12-13H,2-11H2;1-5H;;;/q;-1;;;+1. The van der Waals surface area contributed by atoms with Gasteiger partial charge in [0.1, 0.15) is 0 Å². The van der Waals surface area contributed by atoms with Crippen molar-refractivity contribution in [2.24, 2.45) is 0 Å². The molecule has 1 aromatic carbocycles. The normalized spacial score (nSPS) is 17.7. The van der Waals surface area contributed by atoms with Crippen molar-refractivity contribution in [1.82, 2.24) is 4.90 Å². The first-order valence-electron chi connectivity index (χ1n) is 8.65. The van der Waals surface area contributed by atoms with Gasteiger partial charge in [-0.2, -0.15) is 18.2 Å². The van der Waals surface area contributed by atoms with Crippen molar-refractivity contribution in [3.05, 3.63) is 43.6 Å². The first-order valence-corrected chi connectivity index (χ1v) is 10.1. The molecule has 0 aromatic heterocycles. The van der Waals surface area contributed by atoms with Crippen LogP contribution in [0.4, 0.5) is 0 Å². The SMILES string of the molecule is [C-]#[O+].[C-]#[O+].[W+]#[C]N(C1CCCCC1)C1CCCCC1.c1cc[cH-]c1. The number of nitrogens with zero attached hydrogens (tertiary/aromatic N) is 1. The molecular weight excluding hydrogens is 470 g/mol. The van der Waals surface area contributed by atoms with Gasteiger partial charge in [-0.05, 0) is 0 Å². The number of hydrogen-bond acceptors (Lipinski definition) is 1. The summed E-state index contributed by atoms with van der Waals surface area (Å²) < 4.78 is 18.6. The molecule has 3 nitrogen and oxygen atoms in total. The minimum absolute atomic E-state index is 0.847. The molecule has 0 saturated heterocycles. The third-order valence-electron chi connectivity index (χ3n) is 4.60. The van der Waals surface area contributed by atoms with Crippen LogP contribution in [0.1, 0.15) is 64.2 Å². The van der Waals surface area contributed by atoms with Crippen LogP contribution in [-0.2, 0) is 28.5 Å². The van der Waals surface area contributed by atoms with Gasteiger partial charge < -0.3 is 0 Å². The second-order valence-electron chi connectivity index (χ2n) is 6.04. The van der Waals surface area contributed by atoms with Crippen molar-refractivity contribution in [3.63, 3.8) is 0 Å². The summed E-state index contributed by atoms with van der Waals surface area (Å²) in [5.41, 5.74) is 0. The van der Waals surface area contributed by atoms with E-state index in [4.69, 9.17) is 9.30 Å². The smallest absolute Gasteiger partial charge is 0.172 e. The van der Waals surface area contributed by atoms with E-state index in [1.54, 1.807) is 0 Å². The van der Waals surface area contributed by atoms with Crippen molar-refractivity contribution >= 4 is 0 Å². The van der Waals surface area contributed by atoms with Crippen LogP contribution in [0.2, 0.25) is 0 Å². The van der Waals surface area contributed by atoms with Crippen LogP contribution < -0.4 is 0 Å². The van der Waals surface area contributed by atoms with Crippen LogP contribution in [0, 0.1) is 17.6 Å². The minimum atomic E-state index is 0.847. The Kier molecular flexibility index (Phi) is 16.6. The fraction of sp³-hybridized carbons (Fsp3) is 0.600. The van der Waals surface area contributed by atoms with Gasteiger partial charge in [-0.3, -0.25) is 0 Å².